The molecule has 1 aliphatic rings. The molecule has 0 atom stereocenters. The maximum atomic E-state index is 12.2. The number of thiophene rings is 1. The van der Waals surface area contributed by atoms with Crippen LogP contribution in [-0.4, -0.2) is 18.0 Å². The van der Waals surface area contributed by atoms with Gasteiger partial charge in [0.15, 0.2) is 0 Å². The molecule has 21 heavy (non-hydrogen) atoms. The van der Waals surface area contributed by atoms with Crippen molar-refractivity contribution in [3.8, 4) is 0 Å². The van der Waals surface area contributed by atoms with Crippen LogP contribution < -0.4 is 11.1 Å². The van der Waals surface area contributed by atoms with Crippen molar-refractivity contribution in [2.24, 2.45) is 5.73 Å². The van der Waals surface area contributed by atoms with Gasteiger partial charge in [-0.15, -0.1) is 23.7 Å². The number of hydrogen-bond donors (Lipinski definition) is 2. The Labute approximate surface area is 135 Å². The van der Waals surface area contributed by atoms with Gasteiger partial charge >= 0.3 is 0 Å². The van der Waals surface area contributed by atoms with Crippen LogP contribution in [0.15, 0.2) is 30.3 Å². The van der Waals surface area contributed by atoms with Crippen molar-refractivity contribution in [3.05, 3.63) is 35.2 Å². The number of carbonyl (C=O) groups excluding carboxylic acids is 1. The predicted octanol–water partition coefficient (Wildman–Crippen LogP) is 3.71. The number of fused-ring (bicyclic) bond motifs is 1. The third kappa shape index (κ3) is 3.76. The Bertz CT molecular complexity index is 587. The molecule has 1 fully saturated rings. The van der Waals surface area contributed by atoms with E-state index in [1.165, 1.54) is 30.6 Å². The summed E-state index contributed by atoms with van der Waals surface area (Å²) < 4.78 is 1.15. The first-order valence-electron chi connectivity index (χ1n) is 7.22. The van der Waals surface area contributed by atoms with Crippen LogP contribution in [0.25, 0.3) is 10.1 Å². The van der Waals surface area contributed by atoms with Crippen molar-refractivity contribution in [2.45, 2.75) is 37.6 Å². The fourth-order valence-electron chi connectivity index (χ4n) is 2.87. The van der Waals surface area contributed by atoms with Gasteiger partial charge in [-0.2, -0.15) is 0 Å². The number of benzene rings is 1. The molecule has 3 N–H and O–H groups in total. The highest BCUT2D eigenvalue weighted by molar-refractivity contribution is 7.20. The normalized spacial score (nSPS) is 17.2. The monoisotopic (exact) mass is 324 g/mol. The highest BCUT2D eigenvalue weighted by Gasteiger charge is 2.28. The van der Waals surface area contributed by atoms with E-state index in [-0.39, 0.29) is 23.9 Å². The first-order chi connectivity index (χ1) is 9.66. The van der Waals surface area contributed by atoms with Gasteiger partial charge in [0.05, 0.1) is 4.88 Å². The van der Waals surface area contributed by atoms with E-state index in [2.05, 4.69) is 5.32 Å². The minimum absolute atomic E-state index is 0. The average Bonchev–Trinajstić information content (AvgIpc) is 2.89. The third-order valence-electron chi connectivity index (χ3n) is 4.10. The molecule has 1 heterocycles. The average molecular weight is 325 g/mol. The molecule has 2 aromatic rings. The first-order valence-corrected chi connectivity index (χ1v) is 8.04. The van der Waals surface area contributed by atoms with E-state index in [0.717, 1.165) is 27.8 Å². The van der Waals surface area contributed by atoms with E-state index >= 15 is 0 Å². The van der Waals surface area contributed by atoms with Crippen LogP contribution >= 0.6 is 23.7 Å². The lowest BCUT2D eigenvalue weighted by Gasteiger charge is -2.33. The van der Waals surface area contributed by atoms with Gasteiger partial charge in [-0.05, 0) is 30.4 Å². The standard InChI is InChI=1S/C16H20N2OS.ClH/c17-16(8-4-1-5-9-16)11-18-15(19)14-10-12-6-2-3-7-13(12)20-14;/h2-3,6-7,10H,1,4-5,8-9,11,17H2,(H,18,19);1H. The van der Waals surface area contributed by atoms with E-state index in [1.807, 2.05) is 30.3 Å². The Morgan fingerprint density at radius 1 is 1.24 bits per heavy atom. The number of nitrogens with one attached hydrogen (secondary N) is 1. The number of halogens is 1. The quantitative estimate of drug-likeness (QED) is 0.904. The van der Waals surface area contributed by atoms with Crippen LogP contribution in [0.4, 0.5) is 0 Å². The Balaban J connectivity index is 0.00000161. The summed E-state index contributed by atoms with van der Waals surface area (Å²) >= 11 is 1.54. The van der Waals surface area contributed by atoms with E-state index in [0.29, 0.717) is 6.54 Å². The van der Waals surface area contributed by atoms with Gasteiger partial charge in [0.1, 0.15) is 0 Å². The lowest BCUT2D eigenvalue weighted by Crippen LogP contribution is -2.51. The first kappa shape index (κ1) is 16.3. The minimum atomic E-state index is -0.204. The number of amides is 1. The lowest BCUT2D eigenvalue weighted by molar-refractivity contribution is 0.0942. The van der Waals surface area contributed by atoms with Crippen molar-refractivity contribution in [1.29, 1.82) is 0 Å². The molecular formula is C16H21ClN2OS. The van der Waals surface area contributed by atoms with Crippen molar-refractivity contribution in [2.75, 3.05) is 6.54 Å². The van der Waals surface area contributed by atoms with Crippen molar-refractivity contribution in [1.82, 2.24) is 5.32 Å². The van der Waals surface area contributed by atoms with Crippen LogP contribution in [0.1, 0.15) is 41.8 Å². The van der Waals surface area contributed by atoms with Crippen LogP contribution in [0.5, 0.6) is 0 Å². The maximum Gasteiger partial charge on any atom is 0.261 e. The number of hydrogen-bond acceptors (Lipinski definition) is 3. The number of nitrogens with two attached hydrogens (primary N) is 1. The molecular weight excluding hydrogens is 304 g/mol. The SMILES string of the molecule is Cl.NC1(CNC(=O)c2cc3ccccc3s2)CCCCC1. The zero-order valence-corrected chi connectivity index (χ0v) is 13.6. The zero-order chi connectivity index (χ0) is 14.0. The van der Waals surface area contributed by atoms with E-state index < -0.39 is 0 Å². The van der Waals surface area contributed by atoms with Crippen molar-refractivity contribution < 1.29 is 4.79 Å². The molecule has 0 spiro atoms. The summed E-state index contributed by atoms with van der Waals surface area (Å²) in [5.74, 6) is 0.00148. The molecule has 0 aliphatic heterocycles. The molecule has 0 unspecified atom stereocenters. The lowest BCUT2D eigenvalue weighted by atomic mass is 9.82. The van der Waals surface area contributed by atoms with Gasteiger partial charge in [-0.1, -0.05) is 37.5 Å². The summed E-state index contributed by atoms with van der Waals surface area (Å²) in [6.45, 7) is 0.583. The van der Waals surface area contributed by atoms with Gasteiger partial charge in [0, 0.05) is 16.8 Å². The molecule has 3 nitrogen and oxygen atoms in total. The summed E-state index contributed by atoms with van der Waals surface area (Å²) in [4.78, 5) is 13.0. The summed E-state index contributed by atoms with van der Waals surface area (Å²) in [7, 11) is 0. The molecule has 5 heteroatoms. The van der Waals surface area contributed by atoms with Crippen molar-refractivity contribution in [3.63, 3.8) is 0 Å². The van der Waals surface area contributed by atoms with E-state index in [4.69, 9.17) is 5.73 Å². The van der Waals surface area contributed by atoms with Gasteiger partial charge in [-0.25, -0.2) is 0 Å². The summed E-state index contributed by atoms with van der Waals surface area (Å²) in [6.07, 6.45) is 5.65. The highest BCUT2D eigenvalue weighted by atomic mass is 35.5. The largest absolute Gasteiger partial charge is 0.349 e. The van der Waals surface area contributed by atoms with E-state index in [1.54, 1.807) is 0 Å². The minimum Gasteiger partial charge on any atom is -0.349 e. The highest BCUT2D eigenvalue weighted by Crippen LogP contribution is 2.27. The molecule has 0 radical (unpaired) electrons. The molecule has 3 rings (SSSR count). The van der Waals surface area contributed by atoms with Gasteiger partial charge in [0.2, 0.25) is 0 Å². The number of rotatable bonds is 3. The third-order valence-corrected chi connectivity index (χ3v) is 5.21. The second-order valence-electron chi connectivity index (χ2n) is 5.75. The molecule has 0 bridgehead atoms. The van der Waals surface area contributed by atoms with Crippen molar-refractivity contribution >= 4 is 39.7 Å². The second kappa shape index (κ2) is 6.77. The molecule has 1 aromatic heterocycles. The Morgan fingerprint density at radius 2 is 1.95 bits per heavy atom. The summed E-state index contributed by atoms with van der Waals surface area (Å²) in [6, 6.07) is 10.0. The van der Waals surface area contributed by atoms with Crippen LogP contribution in [0, 0.1) is 0 Å². The maximum absolute atomic E-state index is 12.2. The fraction of sp³-hybridized carbons (Fsp3) is 0.438. The van der Waals surface area contributed by atoms with Crippen LogP contribution in [-0.2, 0) is 0 Å². The Morgan fingerprint density at radius 3 is 2.67 bits per heavy atom. The topological polar surface area (TPSA) is 55.1 Å². The van der Waals surface area contributed by atoms with Crippen LogP contribution in [0.2, 0.25) is 0 Å². The zero-order valence-electron chi connectivity index (χ0n) is 11.9. The van der Waals surface area contributed by atoms with Gasteiger partial charge in [-0.3, -0.25) is 4.79 Å². The van der Waals surface area contributed by atoms with E-state index in [9.17, 15) is 4.79 Å². The fourth-order valence-corrected chi connectivity index (χ4v) is 3.85. The van der Waals surface area contributed by atoms with Gasteiger partial charge in [0.25, 0.3) is 5.91 Å². The summed E-state index contributed by atoms with van der Waals surface area (Å²) in [5.41, 5.74) is 6.15. The molecule has 0 saturated heterocycles. The summed E-state index contributed by atoms with van der Waals surface area (Å²) in [5, 5.41) is 4.14. The molecule has 1 saturated carbocycles. The second-order valence-corrected chi connectivity index (χ2v) is 6.84. The molecule has 1 amide bonds. The Kier molecular flexibility index (Phi) is 5.25. The molecule has 1 aliphatic carbocycles. The molecule has 114 valence electrons. The Hall–Kier alpha value is -1.10. The number of carbonyl (C=O) groups is 1. The van der Waals surface area contributed by atoms with Crippen LogP contribution in [0.3, 0.4) is 0 Å². The molecule has 1 aromatic carbocycles. The predicted molar refractivity (Wildman–Crippen MR) is 91.4 cm³/mol. The smallest absolute Gasteiger partial charge is 0.261 e. The van der Waals surface area contributed by atoms with Gasteiger partial charge < -0.3 is 11.1 Å².